The Morgan fingerprint density at radius 1 is 1.17 bits per heavy atom. The summed E-state index contributed by atoms with van der Waals surface area (Å²) in [5.74, 6) is 2.56. The van der Waals surface area contributed by atoms with Crippen molar-refractivity contribution in [2.24, 2.45) is 5.92 Å². The topological polar surface area (TPSA) is 34.0 Å². The van der Waals surface area contributed by atoms with Crippen LogP contribution in [0.25, 0.3) is 11.4 Å². The highest BCUT2D eigenvalue weighted by Crippen LogP contribution is 2.58. The van der Waals surface area contributed by atoms with Crippen LogP contribution in [0, 0.1) is 5.92 Å². The molecule has 36 heavy (non-hydrogen) atoms. The van der Waals surface area contributed by atoms with E-state index in [1.54, 1.807) is 0 Å². The number of anilines is 1. The molecule has 4 nitrogen and oxygen atoms in total. The Hall–Kier alpha value is -2.27. The van der Waals surface area contributed by atoms with Crippen LogP contribution < -0.4 is 4.90 Å². The molecule has 1 aliphatic carbocycles. The van der Waals surface area contributed by atoms with E-state index in [9.17, 15) is 0 Å². The van der Waals surface area contributed by atoms with E-state index >= 15 is 0 Å². The fourth-order valence-corrected chi connectivity index (χ4v) is 6.15. The predicted molar refractivity (Wildman–Crippen MR) is 163 cm³/mol. The molecule has 0 saturated carbocycles. The average molecular weight is 511 g/mol. The maximum absolute atomic E-state index is 5.11. The zero-order valence-electron chi connectivity index (χ0n) is 24.4. The Balaban J connectivity index is 0.000000520. The quantitative estimate of drug-likeness (QED) is 0.412. The van der Waals surface area contributed by atoms with Gasteiger partial charge in [0.05, 0.1) is 0 Å². The lowest BCUT2D eigenvalue weighted by Crippen LogP contribution is -2.39. The molecule has 0 aromatic carbocycles. The van der Waals surface area contributed by atoms with Gasteiger partial charge in [-0.05, 0) is 93.9 Å². The second-order valence-corrected chi connectivity index (χ2v) is 16.8. The summed E-state index contributed by atoms with van der Waals surface area (Å²) >= 11 is 0. The molecular weight excluding hydrogens is 460 g/mol. The average Bonchev–Trinajstić information content (AvgIpc) is 3.37. The summed E-state index contributed by atoms with van der Waals surface area (Å²) in [6.07, 6.45) is 17.0. The van der Waals surface area contributed by atoms with Crippen LogP contribution in [0.5, 0.6) is 0 Å². The lowest BCUT2D eigenvalue weighted by molar-refractivity contribution is 0.486. The van der Waals surface area contributed by atoms with Crippen molar-refractivity contribution in [1.29, 1.82) is 0 Å². The van der Waals surface area contributed by atoms with Crippen LogP contribution in [0.4, 0.5) is 5.82 Å². The van der Waals surface area contributed by atoms with Crippen molar-refractivity contribution >= 4 is 21.4 Å². The molecular formula is C31H50N4S. The second kappa shape index (κ2) is 10.6. The Bertz CT molecular complexity index is 1150. The van der Waals surface area contributed by atoms with Gasteiger partial charge in [0.25, 0.3) is 0 Å². The summed E-state index contributed by atoms with van der Waals surface area (Å²) in [4.78, 5) is 7.57. The van der Waals surface area contributed by atoms with Gasteiger partial charge in [-0.15, -0.1) is 0 Å². The monoisotopic (exact) mass is 510 g/mol. The molecule has 200 valence electrons. The summed E-state index contributed by atoms with van der Waals surface area (Å²) in [6, 6.07) is 6.38. The Labute approximate surface area is 223 Å². The van der Waals surface area contributed by atoms with Crippen LogP contribution in [-0.4, -0.2) is 44.1 Å². The summed E-state index contributed by atoms with van der Waals surface area (Å²) in [7, 11) is -1.02. The number of rotatable bonds is 4. The van der Waals surface area contributed by atoms with Gasteiger partial charge in [0.1, 0.15) is 10.8 Å². The number of pyridine rings is 1. The van der Waals surface area contributed by atoms with Crippen molar-refractivity contribution in [3.63, 3.8) is 0 Å². The molecule has 2 aliphatic rings. The molecule has 0 bridgehead atoms. The highest BCUT2D eigenvalue weighted by molar-refractivity contribution is 8.33. The minimum Gasteiger partial charge on any atom is -0.351 e. The Kier molecular flexibility index (Phi) is 8.34. The maximum atomic E-state index is 5.11. The molecule has 1 atom stereocenters. The minimum atomic E-state index is -1.02. The zero-order chi connectivity index (χ0) is 26.9. The number of hydrogen-bond donors (Lipinski definition) is 0. The van der Waals surface area contributed by atoms with E-state index < -0.39 is 10.0 Å². The van der Waals surface area contributed by atoms with Crippen LogP contribution in [-0.2, 0) is 0 Å². The van der Waals surface area contributed by atoms with Gasteiger partial charge in [-0.25, -0.2) is 9.67 Å². The zero-order valence-corrected chi connectivity index (χ0v) is 25.2. The molecule has 5 heteroatoms. The second-order valence-electron chi connectivity index (χ2n) is 12.5. The molecule has 2 aromatic heterocycles. The van der Waals surface area contributed by atoms with Crippen molar-refractivity contribution in [2.45, 2.75) is 90.0 Å². The van der Waals surface area contributed by atoms with E-state index in [0.717, 1.165) is 29.3 Å². The Morgan fingerprint density at radius 2 is 1.86 bits per heavy atom. The van der Waals surface area contributed by atoms with Gasteiger partial charge in [0.2, 0.25) is 0 Å². The third-order valence-corrected chi connectivity index (χ3v) is 12.0. The predicted octanol–water partition coefficient (Wildman–Crippen LogP) is 8.68. The van der Waals surface area contributed by atoms with Crippen molar-refractivity contribution < 1.29 is 1.43 Å². The van der Waals surface area contributed by atoms with Crippen molar-refractivity contribution in [2.75, 3.05) is 24.0 Å². The first-order valence-corrected chi connectivity index (χ1v) is 15.7. The normalized spacial score (nSPS) is 20.0. The van der Waals surface area contributed by atoms with E-state index in [4.69, 9.17) is 10.1 Å². The molecule has 3 heterocycles. The molecule has 0 unspecified atom stereocenters. The van der Waals surface area contributed by atoms with Crippen molar-refractivity contribution in [3.05, 3.63) is 60.3 Å². The molecule has 1 fully saturated rings. The van der Waals surface area contributed by atoms with Crippen molar-refractivity contribution in [3.8, 4) is 5.82 Å². The fraction of sp³-hybridized carbons (Fsp3) is 0.548. The van der Waals surface area contributed by atoms with Gasteiger partial charge < -0.3 is 4.90 Å². The molecule has 0 radical (unpaired) electrons. The maximum Gasteiger partial charge on any atom is 0.155 e. The molecule has 0 amide bonds. The number of aromatic nitrogens is 3. The first-order valence-electron chi connectivity index (χ1n) is 13.2. The molecule has 2 aromatic rings. The van der Waals surface area contributed by atoms with Crippen LogP contribution in [0.15, 0.2) is 59.8 Å². The smallest absolute Gasteiger partial charge is 0.155 e. The van der Waals surface area contributed by atoms with Crippen molar-refractivity contribution in [1.82, 2.24) is 14.8 Å². The number of allylic oxidation sites excluding steroid dienone is 5. The lowest BCUT2D eigenvalue weighted by Gasteiger charge is -2.42. The van der Waals surface area contributed by atoms with Crippen LogP contribution in [0.1, 0.15) is 81.6 Å². The van der Waals surface area contributed by atoms with E-state index in [0.29, 0.717) is 5.92 Å². The van der Waals surface area contributed by atoms with Gasteiger partial charge in [0, 0.05) is 25.3 Å². The van der Waals surface area contributed by atoms with E-state index in [1.807, 2.05) is 4.68 Å². The largest absolute Gasteiger partial charge is 0.351 e. The van der Waals surface area contributed by atoms with Gasteiger partial charge in [-0.2, -0.15) is 15.1 Å². The first kappa shape index (κ1) is 28.3. The number of hydrogen-bond acceptors (Lipinski definition) is 3. The minimum absolute atomic E-state index is 0. The lowest BCUT2D eigenvalue weighted by atomic mass is 9.97. The fourth-order valence-electron chi connectivity index (χ4n) is 4.83. The molecule has 1 saturated heterocycles. The molecule has 4 rings (SSSR count). The third kappa shape index (κ3) is 6.16. The number of nitrogens with zero attached hydrogens (tertiary/aromatic N) is 4. The van der Waals surface area contributed by atoms with Gasteiger partial charge >= 0.3 is 0 Å². The summed E-state index contributed by atoms with van der Waals surface area (Å²) < 4.78 is 2.14. The standard InChI is InChI=1S/C24H38N4S.C7H10.H2/c1-17(2)19-11-12-20(25-22(19)27-16-18(3)15-24(27,7)8)28-14-13-21(26-28)29(9,10)23(4,5)6;1-7-5-3-2-4-6-7;/h11-14,18H,1,15-16H2,2-10H3;3,5-6H,2,4H2,1H3;1H/t18-;;/m0../s1. The van der Waals surface area contributed by atoms with Gasteiger partial charge in [-0.1, -0.05) is 58.1 Å². The SMILES string of the molecule is C=C(C)c1ccc(-n2ccc(S(C)(C)C(C)(C)C)n2)nc1N1C[C@@H](C)CC1(C)C.CC1=CCCC=C1.[HH]. The van der Waals surface area contributed by atoms with Crippen LogP contribution in [0.3, 0.4) is 0 Å². The van der Waals surface area contributed by atoms with E-state index in [1.165, 1.54) is 29.9 Å². The van der Waals surface area contributed by atoms with Crippen LogP contribution >= 0.6 is 10.0 Å². The van der Waals surface area contributed by atoms with Gasteiger partial charge in [-0.3, -0.25) is 0 Å². The summed E-state index contributed by atoms with van der Waals surface area (Å²) in [6.45, 7) is 23.3. The first-order chi connectivity index (χ1) is 16.6. The third-order valence-electron chi connectivity index (χ3n) is 7.68. The van der Waals surface area contributed by atoms with Crippen LogP contribution in [0.2, 0.25) is 0 Å². The van der Waals surface area contributed by atoms with E-state index in [2.05, 4.69) is 122 Å². The van der Waals surface area contributed by atoms with E-state index in [-0.39, 0.29) is 11.7 Å². The summed E-state index contributed by atoms with van der Waals surface area (Å²) in [5, 5.41) is 6.14. The summed E-state index contributed by atoms with van der Waals surface area (Å²) in [5.41, 5.74) is 3.67. The van der Waals surface area contributed by atoms with Gasteiger partial charge in [0.15, 0.2) is 5.82 Å². The molecule has 0 N–H and O–H groups in total. The Morgan fingerprint density at radius 3 is 2.33 bits per heavy atom. The highest BCUT2D eigenvalue weighted by Gasteiger charge is 2.38. The highest BCUT2D eigenvalue weighted by atomic mass is 32.3. The molecule has 0 spiro atoms. The molecule has 1 aliphatic heterocycles.